The Labute approximate surface area is 124 Å². The van der Waals surface area contributed by atoms with E-state index in [9.17, 15) is 0 Å². The fourth-order valence-corrected chi connectivity index (χ4v) is 2.87. The van der Waals surface area contributed by atoms with Gasteiger partial charge in [0, 0.05) is 9.79 Å². The summed E-state index contributed by atoms with van der Waals surface area (Å²) in [6, 6.07) is 12.7. The number of hydrogen-bond acceptors (Lipinski definition) is 2. The minimum Gasteiger partial charge on any atom is -0.192 e. The van der Waals surface area contributed by atoms with Crippen LogP contribution in [0.25, 0.3) is 0 Å². The van der Waals surface area contributed by atoms with E-state index in [-0.39, 0.29) is 0 Å². The van der Waals surface area contributed by atoms with Crippen molar-refractivity contribution in [2.75, 3.05) is 0 Å². The molecule has 18 heavy (non-hydrogen) atoms. The van der Waals surface area contributed by atoms with Crippen LogP contribution in [0.5, 0.6) is 0 Å². The minimum atomic E-state index is 0.447. The van der Waals surface area contributed by atoms with Gasteiger partial charge < -0.3 is 0 Å². The molecule has 5 heteroatoms. The second kappa shape index (κ2) is 5.86. The van der Waals surface area contributed by atoms with Crippen LogP contribution in [0.4, 0.5) is 0 Å². The summed E-state index contributed by atoms with van der Waals surface area (Å²) in [5, 5.41) is 10.3. The molecule has 0 amide bonds. The van der Waals surface area contributed by atoms with E-state index in [1.165, 1.54) is 11.8 Å². The average molecular weight is 315 g/mol. The topological polar surface area (TPSA) is 23.8 Å². The fraction of sp³-hybridized carbons (Fsp3) is 0. The lowest BCUT2D eigenvalue weighted by molar-refractivity contribution is 1.39. The summed E-state index contributed by atoms with van der Waals surface area (Å²) in [5.41, 5.74) is 0.468. The van der Waals surface area contributed by atoms with Crippen molar-refractivity contribution in [2.45, 2.75) is 9.79 Å². The number of rotatable bonds is 2. The van der Waals surface area contributed by atoms with Gasteiger partial charge in [0.2, 0.25) is 0 Å². The molecule has 0 saturated carbocycles. The predicted octanol–water partition coefficient (Wildman–Crippen LogP) is 5.67. The first-order valence-electron chi connectivity index (χ1n) is 4.92. The molecule has 0 heterocycles. The lowest BCUT2D eigenvalue weighted by Gasteiger charge is -2.04. The highest BCUT2D eigenvalue weighted by molar-refractivity contribution is 7.99. The van der Waals surface area contributed by atoms with E-state index in [1.54, 1.807) is 24.3 Å². The molecule has 0 bridgehead atoms. The molecule has 90 valence electrons. The maximum Gasteiger partial charge on any atom is 0.101 e. The molecule has 0 spiro atoms. The number of halogens is 3. The van der Waals surface area contributed by atoms with Gasteiger partial charge in [-0.25, -0.2) is 0 Å². The van der Waals surface area contributed by atoms with Crippen LogP contribution in [-0.4, -0.2) is 0 Å². The number of nitrogens with zero attached hydrogens (tertiary/aromatic N) is 1. The third kappa shape index (κ3) is 3.13. The molecule has 2 aromatic carbocycles. The molecule has 0 radical (unpaired) electrons. The Balaban J connectivity index is 2.26. The maximum absolute atomic E-state index is 8.79. The number of hydrogen-bond donors (Lipinski definition) is 0. The Morgan fingerprint density at radius 3 is 2.00 bits per heavy atom. The van der Waals surface area contributed by atoms with Crippen LogP contribution in [0.3, 0.4) is 0 Å². The van der Waals surface area contributed by atoms with Gasteiger partial charge in [0.05, 0.1) is 20.6 Å². The molecule has 0 unspecified atom stereocenters. The zero-order chi connectivity index (χ0) is 13.1. The number of nitriles is 1. The van der Waals surface area contributed by atoms with Gasteiger partial charge in [0.15, 0.2) is 0 Å². The molecular weight excluding hydrogens is 309 g/mol. The Bertz CT molecular complexity index is 635. The van der Waals surface area contributed by atoms with Gasteiger partial charge >= 0.3 is 0 Å². The summed E-state index contributed by atoms with van der Waals surface area (Å²) in [6.45, 7) is 0. The number of benzene rings is 2. The first-order valence-corrected chi connectivity index (χ1v) is 6.88. The van der Waals surface area contributed by atoms with Gasteiger partial charge in [0.25, 0.3) is 0 Å². The van der Waals surface area contributed by atoms with Crippen molar-refractivity contribution in [3.05, 3.63) is 57.0 Å². The van der Waals surface area contributed by atoms with Crippen LogP contribution < -0.4 is 0 Å². The molecular formula is C13H6Cl3NS. The Hall–Kier alpha value is -0.850. The quantitative estimate of drug-likeness (QED) is 0.713. The molecule has 0 aliphatic heterocycles. The van der Waals surface area contributed by atoms with E-state index >= 15 is 0 Å². The highest BCUT2D eigenvalue weighted by Crippen LogP contribution is 2.34. The van der Waals surface area contributed by atoms with Crippen LogP contribution in [0.15, 0.2) is 46.2 Å². The fourth-order valence-electron chi connectivity index (χ4n) is 1.33. The van der Waals surface area contributed by atoms with Crippen LogP contribution in [0, 0.1) is 11.3 Å². The van der Waals surface area contributed by atoms with Gasteiger partial charge in [0.1, 0.15) is 6.07 Å². The monoisotopic (exact) mass is 313 g/mol. The van der Waals surface area contributed by atoms with Crippen LogP contribution in [0.2, 0.25) is 15.1 Å². The van der Waals surface area contributed by atoms with E-state index < -0.39 is 0 Å². The zero-order valence-corrected chi connectivity index (χ0v) is 12.0. The van der Waals surface area contributed by atoms with E-state index in [2.05, 4.69) is 0 Å². The summed E-state index contributed by atoms with van der Waals surface area (Å²) in [7, 11) is 0. The minimum absolute atomic E-state index is 0.447. The third-order valence-electron chi connectivity index (χ3n) is 2.19. The predicted molar refractivity (Wildman–Crippen MR) is 76.8 cm³/mol. The zero-order valence-electron chi connectivity index (χ0n) is 8.95. The first-order chi connectivity index (χ1) is 8.60. The van der Waals surface area contributed by atoms with Crippen molar-refractivity contribution < 1.29 is 0 Å². The van der Waals surface area contributed by atoms with E-state index in [0.717, 1.165) is 9.79 Å². The molecule has 0 fully saturated rings. The van der Waals surface area contributed by atoms with Crippen molar-refractivity contribution in [2.24, 2.45) is 0 Å². The van der Waals surface area contributed by atoms with Crippen molar-refractivity contribution in [1.82, 2.24) is 0 Å². The van der Waals surface area contributed by atoms with Gasteiger partial charge in [-0.2, -0.15) is 5.26 Å². The van der Waals surface area contributed by atoms with Crippen molar-refractivity contribution in [3.8, 4) is 6.07 Å². The summed E-state index contributed by atoms with van der Waals surface area (Å²) in [4.78, 5) is 1.91. The normalized spacial score (nSPS) is 10.1. The summed E-state index contributed by atoms with van der Waals surface area (Å²) >= 11 is 19.3. The third-order valence-corrected chi connectivity index (χ3v) is 4.22. The summed E-state index contributed by atoms with van der Waals surface area (Å²) in [5.74, 6) is 0. The highest BCUT2D eigenvalue weighted by atomic mass is 35.5. The van der Waals surface area contributed by atoms with Gasteiger partial charge in [-0.3, -0.25) is 0 Å². The van der Waals surface area contributed by atoms with Crippen LogP contribution >= 0.6 is 46.6 Å². The molecule has 0 atom stereocenters. The molecule has 0 N–H and O–H groups in total. The Morgan fingerprint density at radius 2 is 1.44 bits per heavy atom. The summed E-state index contributed by atoms with van der Waals surface area (Å²) in [6.07, 6.45) is 0. The van der Waals surface area contributed by atoms with Crippen molar-refractivity contribution in [3.63, 3.8) is 0 Å². The second-order valence-corrected chi connectivity index (χ2v) is 5.80. The summed E-state index contributed by atoms with van der Waals surface area (Å²) < 4.78 is 0. The van der Waals surface area contributed by atoms with Crippen LogP contribution in [-0.2, 0) is 0 Å². The first kappa shape index (κ1) is 13.6. The van der Waals surface area contributed by atoms with Gasteiger partial charge in [-0.15, -0.1) is 0 Å². The average Bonchev–Trinajstić information content (AvgIpc) is 2.34. The molecule has 0 aliphatic carbocycles. The molecule has 0 saturated heterocycles. The SMILES string of the molecule is N#Cc1ccc(Sc2ccc(Cl)c(Cl)c2)cc1Cl. The lowest BCUT2D eigenvalue weighted by Crippen LogP contribution is -1.79. The Kier molecular flexibility index (Phi) is 4.42. The lowest BCUT2D eigenvalue weighted by atomic mass is 10.2. The largest absolute Gasteiger partial charge is 0.192 e. The molecule has 2 rings (SSSR count). The van der Waals surface area contributed by atoms with E-state index in [0.29, 0.717) is 20.6 Å². The molecule has 1 nitrogen and oxygen atoms in total. The highest BCUT2D eigenvalue weighted by Gasteiger charge is 2.04. The van der Waals surface area contributed by atoms with Crippen LogP contribution in [0.1, 0.15) is 5.56 Å². The van der Waals surface area contributed by atoms with Crippen molar-refractivity contribution in [1.29, 1.82) is 5.26 Å². The standard InChI is InChI=1S/C13H6Cl3NS/c14-11-4-3-10(6-13(11)16)18-9-2-1-8(7-17)12(15)5-9/h1-6H. The van der Waals surface area contributed by atoms with E-state index in [4.69, 9.17) is 40.1 Å². The van der Waals surface area contributed by atoms with Gasteiger partial charge in [-0.1, -0.05) is 46.6 Å². The second-order valence-electron chi connectivity index (χ2n) is 3.43. The van der Waals surface area contributed by atoms with E-state index in [1.807, 2.05) is 18.2 Å². The molecule has 0 aromatic heterocycles. The smallest absolute Gasteiger partial charge is 0.101 e. The Morgan fingerprint density at radius 1 is 0.833 bits per heavy atom. The molecule has 2 aromatic rings. The molecule has 0 aliphatic rings. The van der Waals surface area contributed by atoms with Crippen molar-refractivity contribution >= 4 is 46.6 Å². The maximum atomic E-state index is 8.79. The van der Waals surface area contributed by atoms with Gasteiger partial charge in [-0.05, 0) is 36.4 Å².